The van der Waals surface area contributed by atoms with E-state index in [1.807, 2.05) is 30.1 Å². The number of para-hydroxylation sites is 1. The normalized spacial score (nSPS) is 17.5. The molecule has 4 nitrogen and oxygen atoms in total. The molecule has 0 bridgehead atoms. The lowest BCUT2D eigenvalue weighted by Gasteiger charge is -2.25. The quantitative estimate of drug-likeness (QED) is 0.659. The van der Waals surface area contributed by atoms with Crippen LogP contribution in [0.3, 0.4) is 0 Å². The first kappa shape index (κ1) is 18.1. The lowest BCUT2D eigenvalue weighted by atomic mass is 10.1. The summed E-state index contributed by atoms with van der Waals surface area (Å²) in [5, 5.41) is 1.14. The Morgan fingerprint density at radius 2 is 2.00 bits per heavy atom. The van der Waals surface area contributed by atoms with Gasteiger partial charge in [-0.05, 0) is 49.6 Å². The molecule has 3 aromatic rings. The molecule has 1 aromatic heterocycles. The fourth-order valence-electron chi connectivity index (χ4n) is 3.75. The number of likely N-dealkylation sites (N-methyl/N-ethyl adjacent to an activating group) is 1. The molecule has 1 saturated heterocycles. The molecule has 140 valence electrons. The van der Waals surface area contributed by atoms with Gasteiger partial charge in [0.25, 0.3) is 0 Å². The summed E-state index contributed by atoms with van der Waals surface area (Å²) < 4.78 is 1.22. The highest BCUT2D eigenvalue weighted by Gasteiger charge is 2.30. The number of nitrogens with zero attached hydrogens (tertiary/aromatic N) is 3. The third-order valence-corrected chi connectivity index (χ3v) is 6.53. The number of carbonyl (C=O) groups excluding carboxylic acids is 1. The van der Waals surface area contributed by atoms with Crippen molar-refractivity contribution in [2.45, 2.75) is 32.4 Å². The van der Waals surface area contributed by atoms with Crippen molar-refractivity contribution < 1.29 is 4.79 Å². The summed E-state index contributed by atoms with van der Waals surface area (Å²) in [5.74, 6) is 0.172. The highest BCUT2D eigenvalue weighted by molar-refractivity contribution is 7.18. The van der Waals surface area contributed by atoms with Gasteiger partial charge in [0, 0.05) is 13.6 Å². The third kappa shape index (κ3) is 3.89. The molecule has 1 amide bonds. The SMILES string of the molecule is Cc1ccccc1CN(C)C(=O)CN1CCCC1c1nc2ccccc2s1. The van der Waals surface area contributed by atoms with E-state index >= 15 is 0 Å². The first-order valence-electron chi connectivity index (χ1n) is 9.50. The number of rotatable bonds is 5. The zero-order valence-corrected chi connectivity index (χ0v) is 16.7. The van der Waals surface area contributed by atoms with Crippen molar-refractivity contribution in [3.05, 3.63) is 64.7 Å². The average molecular weight is 380 g/mol. The monoisotopic (exact) mass is 379 g/mol. The predicted molar refractivity (Wildman–Crippen MR) is 111 cm³/mol. The Morgan fingerprint density at radius 1 is 1.22 bits per heavy atom. The topological polar surface area (TPSA) is 36.4 Å². The summed E-state index contributed by atoms with van der Waals surface area (Å²) in [5.41, 5.74) is 3.50. The minimum Gasteiger partial charge on any atom is -0.340 e. The summed E-state index contributed by atoms with van der Waals surface area (Å²) >= 11 is 1.76. The van der Waals surface area contributed by atoms with Crippen molar-refractivity contribution >= 4 is 27.5 Å². The van der Waals surface area contributed by atoms with E-state index in [4.69, 9.17) is 4.98 Å². The van der Waals surface area contributed by atoms with Crippen LogP contribution < -0.4 is 0 Å². The second-order valence-corrected chi connectivity index (χ2v) is 8.39. The van der Waals surface area contributed by atoms with Gasteiger partial charge in [0.1, 0.15) is 5.01 Å². The van der Waals surface area contributed by atoms with E-state index in [0.717, 1.165) is 29.9 Å². The number of hydrogen-bond acceptors (Lipinski definition) is 4. The maximum Gasteiger partial charge on any atom is 0.236 e. The number of likely N-dealkylation sites (tertiary alicyclic amines) is 1. The summed E-state index contributed by atoms with van der Waals surface area (Å²) in [6.45, 7) is 4.18. The number of aromatic nitrogens is 1. The van der Waals surface area contributed by atoms with Gasteiger partial charge in [-0.25, -0.2) is 4.98 Å². The number of benzene rings is 2. The van der Waals surface area contributed by atoms with Crippen LogP contribution in [-0.2, 0) is 11.3 Å². The fraction of sp³-hybridized carbons (Fsp3) is 0.364. The number of aryl methyl sites for hydroxylation is 1. The largest absolute Gasteiger partial charge is 0.340 e. The van der Waals surface area contributed by atoms with Crippen molar-refractivity contribution in [1.82, 2.24) is 14.8 Å². The summed E-state index contributed by atoms with van der Waals surface area (Å²) in [6.07, 6.45) is 2.20. The van der Waals surface area contributed by atoms with E-state index in [-0.39, 0.29) is 11.9 Å². The number of thiazole rings is 1. The van der Waals surface area contributed by atoms with E-state index in [0.29, 0.717) is 13.1 Å². The van der Waals surface area contributed by atoms with E-state index in [1.54, 1.807) is 11.3 Å². The lowest BCUT2D eigenvalue weighted by Crippen LogP contribution is -2.37. The minimum atomic E-state index is 0.172. The molecule has 0 saturated carbocycles. The number of carbonyl (C=O) groups is 1. The van der Waals surface area contributed by atoms with Crippen molar-refractivity contribution in [2.24, 2.45) is 0 Å². The fourth-order valence-corrected chi connectivity index (χ4v) is 4.89. The molecular formula is C22H25N3OS. The maximum absolute atomic E-state index is 12.8. The van der Waals surface area contributed by atoms with Crippen LogP contribution in [0.15, 0.2) is 48.5 Å². The van der Waals surface area contributed by atoms with Crippen LogP contribution in [0.2, 0.25) is 0 Å². The predicted octanol–water partition coefficient (Wildman–Crippen LogP) is 4.40. The molecule has 0 spiro atoms. The highest BCUT2D eigenvalue weighted by atomic mass is 32.1. The van der Waals surface area contributed by atoms with Crippen molar-refractivity contribution in [3.63, 3.8) is 0 Å². The molecule has 0 radical (unpaired) electrons. The lowest BCUT2D eigenvalue weighted by molar-refractivity contribution is -0.131. The number of hydrogen-bond donors (Lipinski definition) is 0. The van der Waals surface area contributed by atoms with Gasteiger partial charge in [0.05, 0.1) is 22.8 Å². The van der Waals surface area contributed by atoms with Crippen molar-refractivity contribution in [3.8, 4) is 0 Å². The van der Waals surface area contributed by atoms with Gasteiger partial charge in [-0.2, -0.15) is 0 Å². The Morgan fingerprint density at radius 3 is 2.81 bits per heavy atom. The van der Waals surface area contributed by atoms with Crippen molar-refractivity contribution in [2.75, 3.05) is 20.1 Å². The van der Waals surface area contributed by atoms with Crippen LogP contribution in [0, 0.1) is 6.92 Å². The van der Waals surface area contributed by atoms with Crippen LogP contribution in [0.1, 0.15) is 35.0 Å². The van der Waals surface area contributed by atoms with Crippen molar-refractivity contribution in [1.29, 1.82) is 0 Å². The highest BCUT2D eigenvalue weighted by Crippen LogP contribution is 2.36. The molecule has 1 aliphatic rings. The number of amides is 1. The molecule has 2 heterocycles. The van der Waals surface area contributed by atoms with Gasteiger partial charge >= 0.3 is 0 Å². The van der Waals surface area contributed by atoms with Crippen LogP contribution in [0.25, 0.3) is 10.2 Å². The van der Waals surface area contributed by atoms with Gasteiger partial charge < -0.3 is 4.90 Å². The third-order valence-electron chi connectivity index (χ3n) is 5.39. The molecule has 1 aliphatic heterocycles. The van der Waals surface area contributed by atoms with Gasteiger partial charge in [0.2, 0.25) is 5.91 Å². The van der Waals surface area contributed by atoms with Gasteiger partial charge in [-0.15, -0.1) is 11.3 Å². The Bertz CT molecular complexity index is 918. The van der Waals surface area contributed by atoms with Crippen LogP contribution in [0.4, 0.5) is 0 Å². The summed E-state index contributed by atoms with van der Waals surface area (Å²) in [4.78, 5) is 21.8. The zero-order chi connectivity index (χ0) is 18.8. The summed E-state index contributed by atoms with van der Waals surface area (Å²) in [7, 11) is 1.90. The van der Waals surface area contributed by atoms with Crippen LogP contribution in [-0.4, -0.2) is 40.8 Å². The molecule has 27 heavy (non-hydrogen) atoms. The first-order valence-corrected chi connectivity index (χ1v) is 10.3. The van der Waals surface area contributed by atoms with E-state index < -0.39 is 0 Å². The molecule has 4 rings (SSSR count). The standard InChI is InChI=1S/C22H25N3OS/c1-16-8-3-4-9-17(16)14-24(2)21(26)15-25-13-7-11-19(25)22-23-18-10-5-6-12-20(18)27-22/h3-6,8-10,12,19H,7,11,13-15H2,1-2H3. The number of fused-ring (bicyclic) bond motifs is 1. The van der Waals surface area contributed by atoms with E-state index in [1.165, 1.54) is 15.8 Å². The van der Waals surface area contributed by atoms with Gasteiger partial charge in [-0.3, -0.25) is 9.69 Å². The van der Waals surface area contributed by atoms with Crippen LogP contribution >= 0.6 is 11.3 Å². The Hall–Kier alpha value is -2.24. The molecular weight excluding hydrogens is 354 g/mol. The second kappa shape index (κ2) is 7.79. The van der Waals surface area contributed by atoms with E-state index in [9.17, 15) is 4.79 Å². The van der Waals surface area contributed by atoms with Gasteiger partial charge in [0.15, 0.2) is 0 Å². The van der Waals surface area contributed by atoms with Gasteiger partial charge in [-0.1, -0.05) is 36.4 Å². The first-order chi connectivity index (χ1) is 13.1. The molecule has 1 unspecified atom stereocenters. The Balaban J connectivity index is 1.44. The Kier molecular flexibility index (Phi) is 5.23. The maximum atomic E-state index is 12.8. The molecule has 1 fully saturated rings. The molecule has 0 N–H and O–H groups in total. The van der Waals surface area contributed by atoms with Crippen LogP contribution in [0.5, 0.6) is 0 Å². The second-order valence-electron chi connectivity index (χ2n) is 7.32. The summed E-state index contributed by atoms with van der Waals surface area (Å²) in [6, 6.07) is 16.8. The van der Waals surface area contributed by atoms with E-state index in [2.05, 4.69) is 42.2 Å². The molecule has 2 aromatic carbocycles. The minimum absolute atomic E-state index is 0.172. The zero-order valence-electron chi connectivity index (χ0n) is 15.9. The Labute approximate surface area is 164 Å². The molecule has 0 aliphatic carbocycles. The molecule has 5 heteroatoms. The molecule has 1 atom stereocenters. The average Bonchev–Trinajstić information content (AvgIpc) is 3.29. The smallest absolute Gasteiger partial charge is 0.236 e.